The molecule has 0 fully saturated rings. The molecule has 0 aliphatic rings. The molecule has 0 radical (unpaired) electrons. The first-order valence-electron chi connectivity index (χ1n) is 10.8. The van der Waals surface area contributed by atoms with Gasteiger partial charge in [0.25, 0.3) is 0 Å². The van der Waals surface area contributed by atoms with Crippen molar-refractivity contribution >= 4 is 17.6 Å². The first-order valence-corrected chi connectivity index (χ1v) is 10.8. The zero-order valence-corrected chi connectivity index (χ0v) is 18.7. The van der Waals surface area contributed by atoms with E-state index in [-0.39, 0.29) is 31.2 Å². The molecular weight excluding hydrogens is 447 g/mol. The van der Waals surface area contributed by atoms with Crippen molar-refractivity contribution in [2.45, 2.75) is 32.6 Å². The van der Waals surface area contributed by atoms with Crippen molar-refractivity contribution in [2.24, 2.45) is 0 Å². The number of carbonyl (C=O) groups excluding carboxylic acids is 2. The van der Waals surface area contributed by atoms with Gasteiger partial charge in [0, 0.05) is 18.8 Å². The van der Waals surface area contributed by atoms with Gasteiger partial charge in [0.05, 0.1) is 18.4 Å². The van der Waals surface area contributed by atoms with Gasteiger partial charge in [-0.3, -0.25) is 4.79 Å². The van der Waals surface area contributed by atoms with E-state index in [0.29, 0.717) is 18.7 Å². The van der Waals surface area contributed by atoms with E-state index in [0.717, 1.165) is 17.7 Å². The van der Waals surface area contributed by atoms with E-state index < -0.39 is 17.8 Å². The van der Waals surface area contributed by atoms with Gasteiger partial charge in [0.15, 0.2) is 0 Å². The van der Waals surface area contributed by atoms with Crippen LogP contribution < -0.4 is 5.32 Å². The number of amides is 3. The number of anilines is 1. The van der Waals surface area contributed by atoms with Gasteiger partial charge in [0.1, 0.15) is 12.3 Å². The average Bonchev–Trinajstić information content (AvgIpc) is 3.32. The Bertz CT molecular complexity index is 1070. The highest BCUT2D eigenvalue weighted by atomic mass is 19.4. The van der Waals surface area contributed by atoms with E-state index in [1.54, 1.807) is 17.0 Å². The van der Waals surface area contributed by atoms with E-state index in [4.69, 9.17) is 4.42 Å². The number of benzene rings is 2. The Labute approximate surface area is 196 Å². The Morgan fingerprint density at radius 2 is 1.71 bits per heavy atom. The van der Waals surface area contributed by atoms with Crippen LogP contribution in [0.3, 0.4) is 0 Å². The van der Waals surface area contributed by atoms with Gasteiger partial charge in [-0.2, -0.15) is 13.2 Å². The fourth-order valence-electron chi connectivity index (χ4n) is 3.39. The van der Waals surface area contributed by atoms with Gasteiger partial charge in [-0.15, -0.1) is 0 Å². The van der Waals surface area contributed by atoms with E-state index in [9.17, 15) is 22.8 Å². The van der Waals surface area contributed by atoms with Crippen LogP contribution in [0.1, 0.15) is 30.2 Å². The van der Waals surface area contributed by atoms with Crippen molar-refractivity contribution in [1.82, 2.24) is 9.80 Å². The maximum atomic E-state index is 13.2. The molecule has 3 amide bonds. The van der Waals surface area contributed by atoms with E-state index in [2.05, 4.69) is 5.32 Å². The van der Waals surface area contributed by atoms with E-state index >= 15 is 0 Å². The summed E-state index contributed by atoms with van der Waals surface area (Å²) in [6.45, 7) is 2.41. The lowest BCUT2D eigenvalue weighted by molar-refractivity contribution is -0.137. The van der Waals surface area contributed by atoms with Crippen LogP contribution in [-0.2, 0) is 24.1 Å². The maximum Gasteiger partial charge on any atom is 0.416 e. The summed E-state index contributed by atoms with van der Waals surface area (Å²) in [5.74, 6) is 0.285. The van der Waals surface area contributed by atoms with Crippen molar-refractivity contribution < 1.29 is 27.2 Å². The molecule has 0 aliphatic heterocycles. The summed E-state index contributed by atoms with van der Waals surface area (Å²) < 4.78 is 44.4. The topological polar surface area (TPSA) is 65.8 Å². The molecule has 0 spiro atoms. The van der Waals surface area contributed by atoms with Crippen LogP contribution in [0.2, 0.25) is 0 Å². The Balaban J connectivity index is 1.73. The Morgan fingerprint density at radius 1 is 0.941 bits per heavy atom. The third-order valence-corrected chi connectivity index (χ3v) is 5.04. The van der Waals surface area contributed by atoms with Crippen LogP contribution in [0.4, 0.5) is 23.7 Å². The molecule has 1 aromatic heterocycles. The summed E-state index contributed by atoms with van der Waals surface area (Å²) in [6.07, 6.45) is -2.43. The molecule has 3 aromatic rings. The Morgan fingerprint density at radius 3 is 2.35 bits per heavy atom. The number of furan rings is 1. The zero-order valence-electron chi connectivity index (χ0n) is 18.7. The van der Waals surface area contributed by atoms with Gasteiger partial charge in [-0.05, 0) is 42.3 Å². The highest BCUT2D eigenvalue weighted by Gasteiger charge is 2.30. The minimum absolute atomic E-state index is 0.00473. The van der Waals surface area contributed by atoms with Crippen LogP contribution in [0, 0.1) is 0 Å². The third-order valence-electron chi connectivity index (χ3n) is 5.04. The molecule has 3 rings (SSSR count). The molecule has 9 heteroatoms. The van der Waals surface area contributed by atoms with Gasteiger partial charge in [0.2, 0.25) is 5.91 Å². The molecule has 0 saturated heterocycles. The molecule has 2 aromatic carbocycles. The van der Waals surface area contributed by atoms with Crippen molar-refractivity contribution in [3.8, 4) is 0 Å². The van der Waals surface area contributed by atoms with Crippen LogP contribution in [0.15, 0.2) is 77.4 Å². The van der Waals surface area contributed by atoms with Crippen LogP contribution in [0.5, 0.6) is 0 Å². The van der Waals surface area contributed by atoms with Crippen molar-refractivity contribution in [2.75, 3.05) is 18.4 Å². The molecule has 0 aliphatic carbocycles. The second-order valence-corrected chi connectivity index (χ2v) is 7.75. The Hall–Kier alpha value is -3.75. The Kier molecular flexibility index (Phi) is 8.34. The number of rotatable bonds is 9. The van der Waals surface area contributed by atoms with Crippen LogP contribution >= 0.6 is 0 Å². The monoisotopic (exact) mass is 473 g/mol. The smallest absolute Gasteiger partial charge is 0.416 e. The van der Waals surface area contributed by atoms with Gasteiger partial charge < -0.3 is 19.5 Å². The molecule has 1 heterocycles. The number of carbonyl (C=O) groups is 2. The third kappa shape index (κ3) is 7.13. The number of alkyl halides is 3. The molecule has 180 valence electrons. The zero-order chi connectivity index (χ0) is 24.6. The SMILES string of the molecule is CCCN(CC(=O)N(Cc1ccccc1)Cc1ccco1)C(=O)Nc1cccc(C(F)(F)F)c1. The summed E-state index contributed by atoms with van der Waals surface area (Å²) in [5.41, 5.74) is 0.0545. The quantitative estimate of drug-likeness (QED) is 0.429. The number of hydrogen-bond acceptors (Lipinski definition) is 3. The molecule has 0 atom stereocenters. The minimum Gasteiger partial charge on any atom is -0.467 e. The average molecular weight is 473 g/mol. The summed E-state index contributed by atoms with van der Waals surface area (Å²) in [4.78, 5) is 28.9. The van der Waals surface area contributed by atoms with Crippen molar-refractivity contribution in [1.29, 1.82) is 0 Å². The number of hydrogen-bond donors (Lipinski definition) is 1. The summed E-state index contributed by atoms with van der Waals surface area (Å²) in [5, 5.41) is 2.48. The second-order valence-electron chi connectivity index (χ2n) is 7.75. The van der Waals surface area contributed by atoms with Gasteiger partial charge in [-0.25, -0.2) is 4.79 Å². The lowest BCUT2D eigenvalue weighted by atomic mass is 10.2. The fourth-order valence-corrected chi connectivity index (χ4v) is 3.39. The predicted molar refractivity (Wildman–Crippen MR) is 122 cm³/mol. The first kappa shape index (κ1) is 24.9. The molecule has 34 heavy (non-hydrogen) atoms. The molecule has 0 unspecified atom stereocenters. The molecule has 0 bridgehead atoms. The molecule has 0 saturated carbocycles. The molecule has 1 N–H and O–H groups in total. The maximum absolute atomic E-state index is 13.2. The van der Waals surface area contributed by atoms with Crippen molar-refractivity contribution in [3.05, 3.63) is 89.9 Å². The first-order chi connectivity index (χ1) is 16.3. The number of nitrogens with one attached hydrogen (secondary N) is 1. The molecular formula is C25H26F3N3O3. The molecule has 6 nitrogen and oxygen atoms in total. The lowest BCUT2D eigenvalue weighted by Crippen LogP contribution is -2.44. The second kappa shape index (κ2) is 11.4. The van der Waals surface area contributed by atoms with E-state index in [1.165, 1.54) is 23.3 Å². The summed E-state index contributed by atoms with van der Waals surface area (Å²) in [6, 6.07) is 16.6. The van der Waals surface area contributed by atoms with Crippen LogP contribution in [0.25, 0.3) is 0 Å². The van der Waals surface area contributed by atoms with Crippen LogP contribution in [-0.4, -0.2) is 34.8 Å². The normalized spacial score (nSPS) is 11.2. The van der Waals surface area contributed by atoms with Gasteiger partial charge >= 0.3 is 12.2 Å². The minimum atomic E-state index is -4.52. The lowest BCUT2D eigenvalue weighted by Gasteiger charge is -2.27. The highest BCUT2D eigenvalue weighted by molar-refractivity contribution is 5.92. The number of halogens is 3. The van der Waals surface area contributed by atoms with E-state index in [1.807, 2.05) is 37.3 Å². The largest absolute Gasteiger partial charge is 0.467 e. The standard InChI is InChI=1S/C25H26F3N3O3/c1-2-13-30(24(33)29-21-11-6-10-20(15-21)25(26,27)28)18-23(32)31(17-22-12-7-14-34-22)16-19-8-4-3-5-9-19/h3-12,14-15H,2,13,16-18H2,1H3,(H,29,33). The summed E-state index contributed by atoms with van der Waals surface area (Å²) >= 11 is 0. The summed E-state index contributed by atoms with van der Waals surface area (Å²) in [7, 11) is 0. The van der Waals surface area contributed by atoms with Crippen molar-refractivity contribution in [3.63, 3.8) is 0 Å². The number of nitrogens with zero attached hydrogens (tertiary/aromatic N) is 2. The number of urea groups is 1. The highest BCUT2D eigenvalue weighted by Crippen LogP contribution is 2.30. The fraction of sp³-hybridized carbons (Fsp3) is 0.280. The predicted octanol–water partition coefficient (Wildman–Crippen LogP) is 5.77. The van der Waals surface area contributed by atoms with Gasteiger partial charge in [-0.1, -0.05) is 43.3 Å².